The molecule has 1 aliphatic heterocycles. The van der Waals surface area contributed by atoms with Gasteiger partial charge in [0.15, 0.2) is 0 Å². The number of aryl methyl sites for hydroxylation is 2. The average molecular weight is 594 g/mol. The van der Waals surface area contributed by atoms with Gasteiger partial charge in [0.25, 0.3) is 0 Å². The molecule has 5 nitrogen and oxygen atoms in total. The van der Waals surface area contributed by atoms with Gasteiger partial charge in [-0.2, -0.15) is 0 Å². The molecule has 0 spiro atoms. The second kappa shape index (κ2) is 15.3. The summed E-state index contributed by atoms with van der Waals surface area (Å²) in [5.74, 6) is 0.961. The Hall–Kier alpha value is -2.82. The van der Waals surface area contributed by atoms with E-state index in [-0.39, 0.29) is 22.7 Å². The molecule has 2 unspecified atom stereocenters. The van der Waals surface area contributed by atoms with Crippen LogP contribution in [0.25, 0.3) is 0 Å². The molecule has 1 heterocycles. The lowest BCUT2D eigenvalue weighted by Gasteiger charge is -2.27. The van der Waals surface area contributed by atoms with E-state index in [0.717, 1.165) is 65.6 Å². The standard InChI is InChI=1S/C28H40O3.C10H19NO/c1-11-19(4)26(30)31-25-21(13-18(3)15-23(25)28(8,9)10)16-20-12-17(2)14-22(24(20)29)27(5,6)7;1-3-9(2)11-8-6-4-5-7-10(11)12/h12-15,19,29H,11,16H2,1-10H3;9H,3-8H2,1-2H3. The fourth-order valence-corrected chi connectivity index (χ4v) is 5.48. The largest absolute Gasteiger partial charge is 0.507 e. The van der Waals surface area contributed by atoms with Gasteiger partial charge in [-0.05, 0) is 74.0 Å². The predicted octanol–water partition coefficient (Wildman–Crippen LogP) is 9.33. The Morgan fingerprint density at radius 3 is 1.95 bits per heavy atom. The van der Waals surface area contributed by atoms with Crippen molar-refractivity contribution < 1.29 is 19.4 Å². The fraction of sp³-hybridized carbons (Fsp3) is 0.632. The van der Waals surface area contributed by atoms with Crippen LogP contribution in [0.2, 0.25) is 0 Å². The number of amides is 1. The van der Waals surface area contributed by atoms with Gasteiger partial charge in [0.05, 0.1) is 5.92 Å². The summed E-state index contributed by atoms with van der Waals surface area (Å²) in [6.45, 7) is 26.0. The molecule has 1 N–H and O–H groups in total. The first-order valence-electron chi connectivity index (χ1n) is 16.4. The van der Waals surface area contributed by atoms with Crippen molar-refractivity contribution in [2.45, 2.75) is 145 Å². The third-order valence-electron chi connectivity index (χ3n) is 8.59. The number of carbonyl (C=O) groups is 2. The molecule has 3 rings (SSSR count). The number of hydrogen-bond acceptors (Lipinski definition) is 4. The van der Waals surface area contributed by atoms with Crippen molar-refractivity contribution >= 4 is 11.9 Å². The number of likely N-dealkylation sites (tertiary alicyclic amines) is 1. The number of ether oxygens (including phenoxy) is 1. The molecule has 1 amide bonds. The highest BCUT2D eigenvalue weighted by molar-refractivity contribution is 5.77. The first-order chi connectivity index (χ1) is 19.9. The van der Waals surface area contributed by atoms with E-state index in [1.807, 2.05) is 24.8 Å². The van der Waals surface area contributed by atoms with Crippen LogP contribution in [0.15, 0.2) is 24.3 Å². The molecule has 1 aliphatic rings. The summed E-state index contributed by atoms with van der Waals surface area (Å²) in [6.07, 6.45) is 6.58. The number of rotatable bonds is 7. The van der Waals surface area contributed by atoms with E-state index in [1.54, 1.807) is 0 Å². The molecule has 43 heavy (non-hydrogen) atoms. The maximum absolute atomic E-state index is 12.7. The third kappa shape index (κ3) is 10.1. The van der Waals surface area contributed by atoms with Gasteiger partial charge >= 0.3 is 5.97 Å². The molecule has 0 bridgehead atoms. The summed E-state index contributed by atoms with van der Waals surface area (Å²) in [5, 5.41) is 11.1. The van der Waals surface area contributed by atoms with Crippen molar-refractivity contribution in [1.29, 1.82) is 0 Å². The minimum atomic E-state index is -0.207. The summed E-state index contributed by atoms with van der Waals surface area (Å²) in [4.78, 5) is 26.3. The minimum absolute atomic E-state index is 0.165. The summed E-state index contributed by atoms with van der Waals surface area (Å²) in [6, 6.07) is 8.71. The van der Waals surface area contributed by atoms with E-state index < -0.39 is 0 Å². The van der Waals surface area contributed by atoms with Gasteiger partial charge in [-0.25, -0.2) is 0 Å². The predicted molar refractivity (Wildman–Crippen MR) is 179 cm³/mol. The molecule has 2 atom stereocenters. The molecule has 0 saturated carbocycles. The normalized spacial score (nSPS) is 15.7. The number of phenols is 1. The molecule has 1 saturated heterocycles. The molecule has 1 fully saturated rings. The summed E-state index contributed by atoms with van der Waals surface area (Å²) >= 11 is 0. The maximum Gasteiger partial charge on any atom is 0.314 e. The third-order valence-corrected chi connectivity index (χ3v) is 8.59. The number of carbonyl (C=O) groups excluding carboxylic acids is 2. The van der Waals surface area contributed by atoms with E-state index in [1.165, 1.54) is 12.8 Å². The van der Waals surface area contributed by atoms with E-state index in [2.05, 4.69) is 87.4 Å². The second-order valence-electron chi connectivity index (χ2n) is 14.7. The smallest absolute Gasteiger partial charge is 0.314 e. The van der Waals surface area contributed by atoms with Crippen LogP contribution in [0.1, 0.15) is 141 Å². The Labute approximate surface area is 262 Å². The van der Waals surface area contributed by atoms with Gasteiger partial charge in [-0.15, -0.1) is 0 Å². The van der Waals surface area contributed by atoms with Crippen LogP contribution < -0.4 is 4.74 Å². The average Bonchev–Trinajstić information content (AvgIpc) is 3.14. The highest BCUT2D eigenvalue weighted by Gasteiger charge is 2.27. The fourth-order valence-electron chi connectivity index (χ4n) is 5.48. The molecule has 2 aromatic carbocycles. The lowest BCUT2D eigenvalue weighted by Crippen LogP contribution is -2.37. The zero-order valence-corrected chi connectivity index (χ0v) is 29.2. The molecule has 240 valence electrons. The van der Waals surface area contributed by atoms with E-state index in [9.17, 15) is 14.7 Å². The van der Waals surface area contributed by atoms with Gasteiger partial charge in [0, 0.05) is 31.0 Å². The van der Waals surface area contributed by atoms with Gasteiger partial charge in [-0.3, -0.25) is 9.59 Å². The molecular weight excluding hydrogens is 534 g/mol. The highest BCUT2D eigenvalue weighted by Crippen LogP contribution is 2.40. The van der Waals surface area contributed by atoms with Crippen LogP contribution in [-0.2, 0) is 26.8 Å². The van der Waals surface area contributed by atoms with Crippen molar-refractivity contribution in [3.05, 3.63) is 57.6 Å². The number of aromatic hydroxyl groups is 1. The van der Waals surface area contributed by atoms with Crippen LogP contribution in [0.3, 0.4) is 0 Å². The van der Waals surface area contributed by atoms with Crippen LogP contribution >= 0.6 is 0 Å². The van der Waals surface area contributed by atoms with Crippen LogP contribution in [-0.4, -0.2) is 34.5 Å². The molecule has 0 radical (unpaired) electrons. The number of phenolic OH excluding ortho intramolecular Hbond substituents is 1. The van der Waals surface area contributed by atoms with Crippen LogP contribution in [0.4, 0.5) is 0 Å². The van der Waals surface area contributed by atoms with Crippen LogP contribution in [0.5, 0.6) is 11.5 Å². The Morgan fingerprint density at radius 1 is 0.860 bits per heavy atom. The van der Waals surface area contributed by atoms with E-state index in [4.69, 9.17) is 4.74 Å². The van der Waals surface area contributed by atoms with Crippen molar-refractivity contribution in [2.24, 2.45) is 5.92 Å². The summed E-state index contributed by atoms with van der Waals surface area (Å²) < 4.78 is 6.03. The van der Waals surface area contributed by atoms with E-state index in [0.29, 0.717) is 29.9 Å². The summed E-state index contributed by atoms with van der Waals surface area (Å²) in [5.41, 5.74) is 5.62. The van der Waals surface area contributed by atoms with Crippen molar-refractivity contribution in [2.75, 3.05) is 6.54 Å². The quantitative estimate of drug-likeness (QED) is 0.257. The highest BCUT2D eigenvalue weighted by atomic mass is 16.5. The topological polar surface area (TPSA) is 66.8 Å². The molecule has 0 aliphatic carbocycles. The molecule has 5 heteroatoms. The minimum Gasteiger partial charge on any atom is -0.507 e. The lowest BCUT2D eigenvalue weighted by atomic mass is 9.81. The van der Waals surface area contributed by atoms with Gasteiger partial charge in [-0.1, -0.05) is 104 Å². The maximum atomic E-state index is 12.7. The zero-order chi connectivity index (χ0) is 32.7. The van der Waals surface area contributed by atoms with Gasteiger partial charge in [0.2, 0.25) is 5.91 Å². The second-order valence-corrected chi connectivity index (χ2v) is 14.7. The number of hydrogen-bond donors (Lipinski definition) is 1. The number of esters is 1. The van der Waals surface area contributed by atoms with Gasteiger partial charge in [0.1, 0.15) is 11.5 Å². The first-order valence-corrected chi connectivity index (χ1v) is 16.4. The summed E-state index contributed by atoms with van der Waals surface area (Å²) in [7, 11) is 0. The Balaban J connectivity index is 0.000000448. The Morgan fingerprint density at radius 2 is 1.42 bits per heavy atom. The monoisotopic (exact) mass is 593 g/mol. The van der Waals surface area contributed by atoms with Crippen LogP contribution in [0, 0.1) is 19.8 Å². The number of nitrogens with zero attached hydrogens (tertiary/aromatic N) is 1. The molecule has 2 aromatic rings. The first kappa shape index (κ1) is 36.4. The molecule has 0 aromatic heterocycles. The molecular formula is C38H59NO4. The SMILES string of the molecule is CCC(C)C(=O)Oc1c(Cc2cc(C)cc(C(C)(C)C)c2O)cc(C)cc1C(C)(C)C.CCC(C)N1CCCCCC1=O. The number of benzene rings is 2. The van der Waals surface area contributed by atoms with Gasteiger partial charge < -0.3 is 14.7 Å². The van der Waals surface area contributed by atoms with Crippen molar-refractivity contribution in [3.8, 4) is 11.5 Å². The lowest BCUT2D eigenvalue weighted by molar-refractivity contribution is -0.138. The van der Waals surface area contributed by atoms with Crippen molar-refractivity contribution in [3.63, 3.8) is 0 Å². The van der Waals surface area contributed by atoms with E-state index >= 15 is 0 Å². The Kier molecular flexibility index (Phi) is 12.9. The zero-order valence-electron chi connectivity index (χ0n) is 29.2. The van der Waals surface area contributed by atoms with Crippen molar-refractivity contribution in [1.82, 2.24) is 4.90 Å². The Bertz CT molecular complexity index is 1250.